The average Bonchev–Trinajstić information content (AvgIpc) is 2.43. The van der Waals surface area contributed by atoms with Crippen LogP contribution in [0.1, 0.15) is 47.1 Å². The summed E-state index contributed by atoms with van der Waals surface area (Å²) in [5.74, 6) is -0.617. The lowest BCUT2D eigenvalue weighted by Gasteiger charge is -2.27. The second kappa shape index (κ2) is 8.14. The van der Waals surface area contributed by atoms with E-state index in [0.29, 0.717) is 5.57 Å². The van der Waals surface area contributed by atoms with Gasteiger partial charge in [-0.05, 0) is 64.8 Å². The molecule has 0 radical (unpaired) electrons. The molecule has 1 aromatic rings. The standard InChI is InChI=1S/C19H27FN2O3/c1-13(14-7-9-15(20)10-8-14)11-16(23)22-19(5,6)12-21-17(24)25-18(2,3)4/h7-11H,12H2,1-6H3,(H,21,24)(H,22,23). The number of hydrogen-bond acceptors (Lipinski definition) is 3. The predicted octanol–water partition coefficient (Wildman–Crippen LogP) is 3.65. The molecular formula is C19H27FN2O3. The molecule has 1 aromatic carbocycles. The SMILES string of the molecule is CC(=CC(=O)NC(C)(C)CNC(=O)OC(C)(C)C)c1ccc(F)cc1. The summed E-state index contributed by atoms with van der Waals surface area (Å²) in [6.07, 6.45) is 0.912. The molecule has 1 rings (SSSR count). The Labute approximate surface area is 148 Å². The molecule has 0 aliphatic carbocycles. The average molecular weight is 350 g/mol. The number of ether oxygens (including phenoxy) is 1. The van der Waals surface area contributed by atoms with Gasteiger partial charge < -0.3 is 15.4 Å². The first-order valence-electron chi connectivity index (χ1n) is 8.11. The van der Waals surface area contributed by atoms with Gasteiger partial charge in [0, 0.05) is 12.6 Å². The molecule has 0 saturated carbocycles. The molecule has 2 N–H and O–H groups in total. The van der Waals surface area contributed by atoms with E-state index in [4.69, 9.17) is 4.74 Å². The Balaban J connectivity index is 2.60. The normalized spacial score (nSPS) is 12.5. The molecule has 0 saturated heterocycles. The van der Waals surface area contributed by atoms with Crippen LogP contribution in [0.15, 0.2) is 30.3 Å². The number of carbonyl (C=O) groups excluding carboxylic acids is 2. The molecule has 0 heterocycles. The quantitative estimate of drug-likeness (QED) is 0.797. The number of amides is 2. The zero-order valence-electron chi connectivity index (χ0n) is 15.7. The van der Waals surface area contributed by atoms with Crippen LogP contribution in [-0.4, -0.2) is 29.7 Å². The topological polar surface area (TPSA) is 67.4 Å². The maximum atomic E-state index is 12.9. The number of rotatable bonds is 5. The van der Waals surface area contributed by atoms with E-state index in [1.165, 1.54) is 18.2 Å². The number of nitrogens with one attached hydrogen (secondary N) is 2. The van der Waals surface area contributed by atoms with Crippen LogP contribution in [0.3, 0.4) is 0 Å². The van der Waals surface area contributed by atoms with Crippen molar-refractivity contribution in [2.75, 3.05) is 6.54 Å². The van der Waals surface area contributed by atoms with Crippen LogP contribution in [0, 0.1) is 5.82 Å². The van der Waals surface area contributed by atoms with Gasteiger partial charge in [-0.25, -0.2) is 9.18 Å². The maximum absolute atomic E-state index is 12.9. The van der Waals surface area contributed by atoms with Crippen LogP contribution in [0.5, 0.6) is 0 Å². The molecule has 0 aliphatic heterocycles. The molecule has 138 valence electrons. The van der Waals surface area contributed by atoms with Gasteiger partial charge in [-0.2, -0.15) is 0 Å². The lowest BCUT2D eigenvalue weighted by Crippen LogP contribution is -2.51. The van der Waals surface area contributed by atoms with Crippen LogP contribution in [-0.2, 0) is 9.53 Å². The van der Waals surface area contributed by atoms with Gasteiger partial charge in [-0.3, -0.25) is 4.79 Å². The van der Waals surface area contributed by atoms with Crippen LogP contribution < -0.4 is 10.6 Å². The Morgan fingerprint density at radius 2 is 1.68 bits per heavy atom. The van der Waals surface area contributed by atoms with Gasteiger partial charge in [0.05, 0.1) is 5.54 Å². The lowest BCUT2D eigenvalue weighted by atomic mass is 10.0. The van der Waals surface area contributed by atoms with Gasteiger partial charge in [-0.1, -0.05) is 12.1 Å². The number of benzene rings is 1. The molecular weight excluding hydrogens is 323 g/mol. The van der Waals surface area contributed by atoms with E-state index in [1.54, 1.807) is 53.7 Å². The van der Waals surface area contributed by atoms with Gasteiger partial charge >= 0.3 is 6.09 Å². The van der Waals surface area contributed by atoms with Gasteiger partial charge in [0.25, 0.3) is 0 Å². The molecule has 0 atom stereocenters. The van der Waals surface area contributed by atoms with Gasteiger partial charge in [-0.15, -0.1) is 0 Å². The van der Waals surface area contributed by atoms with Crippen LogP contribution in [0.25, 0.3) is 5.57 Å². The van der Waals surface area contributed by atoms with E-state index in [9.17, 15) is 14.0 Å². The van der Waals surface area contributed by atoms with E-state index < -0.39 is 17.2 Å². The van der Waals surface area contributed by atoms with E-state index in [-0.39, 0.29) is 18.3 Å². The predicted molar refractivity (Wildman–Crippen MR) is 96.5 cm³/mol. The highest BCUT2D eigenvalue weighted by molar-refractivity contribution is 5.95. The second-order valence-corrected chi connectivity index (χ2v) is 7.56. The number of allylic oxidation sites excluding steroid dienone is 1. The number of hydrogen-bond donors (Lipinski definition) is 2. The maximum Gasteiger partial charge on any atom is 0.407 e. The summed E-state index contributed by atoms with van der Waals surface area (Å²) in [5.41, 5.74) is 0.245. The number of carbonyl (C=O) groups is 2. The summed E-state index contributed by atoms with van der Waals surface area (Å²) in [6, 6.07) is 5.92. The molecule has 0 bridgehead atoms. The molecule has 2 amide bonds. The zero-order valence-corrected chi connectivity index (χ0v) is 15.7. The first-order chi connectivity index (χ1) is 11.4. The Kier molecular flexibility index (Phi) is 6.73. The fourth-order valence-electron chi connectivity index (χ4n) is 2.01. The summed E-state index contributed by atoms with van der Waals surface area (Å²) < 4.78 is 18.1. The van der Waals surface area contributed by atoms with E-state index in [2.05, 4.69) is 10.6 Å². The Hall–Kier alpha value is -2.37. The first kappa shape index (κ1) is 20.7. The third-order valence-electron chi connectivity index (χ3n) is 3.18. The summed E-state index contributed by atoms with van der Waals surface area (Å²) >= 11 is 0. The summed E-state index contributed by atoms with van der Waals surface area (Å²) in [6.45, 7) is 10.9. The molecule has 5 nitrogen and oxygen atoms in total. The van der Waals surface area contributed by atoms with Crippen molar-refractivity contribution in [3.05, 3.63) is 41.7 Å². The van der Waals surface area contributed by atoms with Crippen molar-refractivity contribution in [3.63, 3.8) is 0 Å². The van der Waals surface area contributed by atoms with E-state index in [1.807, 2.05) is 0 Å². The number of alkyl carbamates (subject to hydrolysis) is 1. The highest BCUT2D eigenvalue weighted by atomic mass is 19.1. The molecule has 0 spiro atoms. The van der Waals surface area contributed by atoms with Crippen molar-refractivity contribution in [3.8, 4) is 0 Å². The van der Waals surface area contributed by atoms with Crippen molar-refractivity contribution in [2.45, 2.75) is 52.7 Å². The monoisotopic (exact) mass is 350 g/mol. The van der Waals surface area contributed by atoms with Crippen molar-refractivity contribution in [1.82, 2.24) is 10.6 Å². The van der Waals surface area contributed by atoms with Gasteiger partial charge in [0.2, 0.25) is 5.91 Å². The zero-order chi connectivity index (χ0) is 19.3. The molecule has 6 heteroatoms. The molecule has 0 unspecified atom stereocenters. The summed E-state index contributed by atoms with van der Waals surface area (Å²) in [5, 5.41) is 5.46. The van der Waals surface area contributed by atoms with Gasteiger partial charge in [0.1, 0.15) is 11.4 Å². The Bertz CT molecular complexity index is 644. The smallest absolute Gasteiger partial charge is 0.407 e. The third-order valence-corrected chi connectivity index (χ3v) is 3.18. The minimum Gasteiger partial charge on any atom is -0.444 e. The van der Waals surface area contributed by atoms with Crippen molar-refractivity contribution >= 4 is 17.6 Å². The van der Waals surface area contributed by atoms with Crippen LogP contribution in [0.2, 0.25) is 0 Å². The van der Waals surface area contributed by atoms with Crippen molar-refractivity contribution in [2.24, 2.45) is 0 Å². The fraction of sp³-hybridized carbons (Fsp3) is 0.474. The lowest BCUT2D eigenvalue weighted by molar-refractivity contribution is -0.117. The van der Waals surface area contributed by atoms with E-state index >= 15 is 0 Å². The highest BCUT2D eigenvalue weighted by Gasteiger charge is 2.23. The third kappa shape index (κ3) is 8.33. The summed E-state index contributed by atoms with van der Waals surface area (Å²) in [4.78, 5) is 23.9. The first-order valence-corrected chi connectivity index (χ1v) is 8.11. The molecule has 0 aliphatic rings. The minimum atomic E-state index is -0.659. The fourth-order valence-corrected chi connectivity index (χ4v) is 2.01. The van der Waals surface area contributed by atoms with Crippen molar-refractivity contribution in [1.29, 1.82) is 0 Å². The second-order valence-electron chi connectivity index (χ2n) is 7.56. The highest BCUT2D eigenvalue weighted by Crippen LogP contribution is 2.14. The molecule has 0 fully saturated rings. The Morgan fingerprint density at radius 3 is 2.20 bits per heavy atom. The minimum absolute atomic E-state index is 0.219. The van der Waals surface area contributed by atoms with Crippen LogP contribution >= 0.6 is 0 Å². The van der Waals surface area contributed by atoms with Crippen molar-refractivity contribution < 1.29 is 18.7 Å². The number of halogens is 1. The molecule has 25 heavy (non-hydrogen) atoms. The van der Waals surface area contributed by atoms with E-state index in [0.717, 1.165) is 5.56 Å². The largest absolute Gasteiger partial charge is 0.444 e. The summed E-state index contributed by atoms with van der Waals surface area (Å²) in [7, 11) is 0. The molecule has 0 aromatic heterocycles. The Morgan fingerprint density at radius 1 is 1.12 bits per heavy atom. The van der Waals surface area contributed by atoms with Crippen LogP contribution in [0.4, 0.5) is 9.18 Å². The van der Waals surface area contributed by atoms with Gasteiger partial charge in [0.15, 0.2) is 0 Å².